The molecule has 0 amide bonds. The Morgan fingerprint density at radius 2 is 1.81 bits per heavy atom. The lowest BCUT2D eigenvalue weighted by molar-refractivity contribution is -0.276. The lowest BCUT2D eigenvalue weighted by Crippen LogP contribution is -2.26. The van der Waals surface area contributed by atoms with E-state index in [-0.39, 0.29) is 17.4 Å². The lowest BCUT2D eigenvalue weighted by atomic mass is 9.96. The first-order chi connectivity index (χ1) is 9.92. The Balaban J connectivity index is 1.87. The van der Waals surface area contributed by atoms with E-state index in [2.05, 4.69) is 4.74 Å². The zero-order valence-electron chi connectivity index (χ0n) is 11.4. The van der Waals surface area contributed by atoms with Crippen LogP contribution in [-0.2, 0) is 6.42 Å². The quantitative estimate of drug-likeness (QED) is 0.740. The van der Waals surface area contributed by atoms with E-state index in [1.54, 1.807) is 0 Å². The van der Waals surface area contributed by atoms with Crippen molar-refractivity contribution >= 4 is 0 Å². The van der Waals surface area contributed by atoms with Crippen molar-refractivity contribution in [2.24, 2.45) is 5.92 Å². The maximum absolute atomic E-state index is 14.3. The molecule has 0 spiro atoms. The predicted molar refractivity (Wildman–Crippen MR) is 67.8 cm³/mol. The van der Waals surface area contributed by atoms with Crippen LogP contribution in [0.4, 0.5) is 17.6 Å². The van der Waals surface area contributed by atoms with Gasteiger partial charge in [-0.1, -0.05) is 6.07 Å². The Morgan fingerprint density at radius 1 is 1.10 bits per heavy atom. The van der Waals surface area contributed by atoms with E-state index >= 15 is 0 Å². The molecular weight excluding hydrogens is 288 g/mol. The van der Waals surface area contributed by atoms with Crippen LogP contribution >= 0.6 is 0 Å². The van der Waals surface area contributed by atoms with Crippen molar-refractivity contribution in [2.75, 3.05) is 0 Å². The lowest BCUT2D eigenvalue weighted by Gasteiger charge is -2.27. The predicted octanol–water partition coefficient (Wildman–Crippen LogP) is 4.61. The molecule has 2 saturated carbocycles. The molecule has 0 bridgehead atoms. The summed E-state index contributed by atoms with van der Waals surface area (Å²) in [5.41, 5.74) is 0.262. The maximum atomic E-state index is 14.3. The summed E-state index contributed by atoms with van der Waals surface area (Å²) in [6.07, 6.45) is -0.115. The Hall–Kier alpha value is -1.46. The van der Waals surface area contributed by atoms with Gasteiger partial charge in [-0.2, -0.15) is 0 Å². The minimum atomic E-state index is -4.93. The Labute approximate surface area is 120 Å². The van der Waals surface area contributed by atoms with Gasteiger partial charge >= 0.3 is 6.36 Å². The van der Waals surface area contributed by atoms with Gasteiger partial charge in [-0.3, -0.25) is 0 Å². The molecule has 116 valence electrons. The van der Waals surface area contributed by atoms with Crippen LogP contribution in [0.5, 0.6) is 11.5 Å². The highest BCUT2D eigenvalue weighted by Crippen LogP contribution is 2.41. The fraction of sp³-hybridized carbons (Fsp3) is 0.600. The Morgan fingerprint density at radius 3 is 2.33 bits per heavy atom. The van der Waals surface area contributed by atoms with Gasteiger partial charge in [-0.05, 0) is 56.1 Å². The van der Waals surface area contributed by atoms with Gasteiger partial charge < -0.3 is 9.47 Å². The van der Waals surface area contributed by atoms with Crippen molar-refractivity contribution in [3.05, 3.63) is 23.5 Å². The molecule has 0 N–H and O–H groups in total. The van der Waals surface area contributed by atoms with Gasteiger partial charge in [0.2, 0.25) is 5.75 Å². The molecule has 1 aromatic rings. The third-order valence-electron chi connectivity index (χ3n) is 3.91. The summed E-state index contributed by atoms with van der Waals surface area (Å²) in [4.78, 5) is 0. The average molecular weight is 304 g/mol. The molecule has 0 aliphatic heterocycles. The van der Waals surface area contributed by atoms with Gasteiger partial charge in [0.05, 0.1) is 6.10 Å². The monoisotopic (exact) mass is 304 g/mol. The number of ether oxygens (including phenoxy) is 2. The molecule has 0 radical (unpaired) electrons. The number of rotatable bonds is 5. The number of halogens is 4. The maximum Gasteiger partial charge on any atom is 0.573 e. The standard InChI is InChI=1S/C15H16F4O2/c16-13-10(8-9-4-5-9)6-7-12(20-11-2-1-3-11)14(13)21-15(17,18)19/h6-7,9,11H,1-5,8H2. The minimum Gasteiger partial charge on any atom is -0.486 e. The van der Waals surface area contributed by atoms with Crippen LogP contribution < -0.4 is 9.47 Å². The van der Waals surface area contributed by atoms with E-state index in [0.29, 0.717) is 12.3 Å². The van der Waals surface area contributed by atoms with Crippen molar-refractivity contribution in [3.63, 3.8) is 0 Å². The topological polar surface area (TPSA) is 18.5 Å². The van der Waals surface area contributed by atoms with Gasteiger partial charge in [-0.25, -0.2) is 4.39 Å². The summed E-state index contributed by atoms with van der Waals surface area (Å²) >= 11 is 0. The summed E-state index contributed by atoms with van der Waals surface area (Å²) in [7, 11) is 0. The number of hydrogen-bond acceptors (Lipinski definition) is 2. The summed E-state index contributed by atoms with van der Waals surface area (Å²) in [5.74, 6) is -1.56. The average Bonchev–Trinajstić information content (AvgIpc) is 3.13. The SMILES string of the molecule is Fc1c(CC2CC2)ccc(OC2CCC2)c1OC(F)(F)F. The van der Waals surface area contributed by atoms with Crippen molar-refractivity contribution in [2.45, 2.75) is 51.0 Å². The van der Waals surface area contributed by atoms with E-state index in [9.17, 15) is 17.6 Å². The van der Waals surface area contributed by atoms with Gasteiger partial charge in [0.1, 0.15) is 0 Å². The molecule has 21 heavy (non-hydrogen) atoms. The van der Waals surface area contributed by atoms with Crippen molar-refractivity contribution < 1.29 is 27.0 Å². The number of hydrogen-bond donors (Lipinski definition) is 0. The normalized spacial score (nSPS) is 19.2. The van der Waals surface area contributed by atoms with Crippen LogP contribution in [-0.4, -0.2) is 12.5 Å². The highest BCUT2D eigenvalue weighted by Gasteiger charge is 2.36. The van der Waals surface area contributed by atoms with Crippen LogP contribution in [0.3, 0.4) is 0 Å². The number of alkyl halides is 3. The zero-order valence-corrected chi connectivity index (χ0v) is 11.4. The second-order valence-electron chi connectivity index (χ2n) is 5.73. The highest BCUT2D eigenvalue weighted by atomic mass is 19.4. The second kappa shape index (κ2) is 5.39. The highest BCUT2D eigenvalue weighted by molar-refractivity contribution is 5.45. The van der Waals surface area contributed by atoms with E-state index < -0.39 is 17.9 Å². The van der Waals surface area contributed by atoms with Gasteiger partial charge in [0.25, 0.3) is 0 Å². The summed E-state index contributed by atoms with van der Waals surface area (Å²) in [5, 5.41) is 0. The van der Waals surface area contributed by atoms with E-state index in [4.69, 9.17) is 4.74 Å². The Kier molecular flexibility index (Phi) is 3.71. The van der Waals surface area contributed by atoms with E-state index in [1.165, 1.54) is 12.1 Å². The van der Waals surface area contributed by atoms with Crippen molar-refractivity contribution in [1.29, 1.82) is 0 Å². The first kappa shape index (κ1) is 14.5. The molecular formula is C15H16F4O2. The molecule has 2 fully saturated rings. The van der Waals surface area contributed by atoms with E-state index in [1.807, 2.05) is 0 Å². The van der Waals surface area contributed by atoms with Crippen LogP contribution in [0.25, 0.3) is 0 Å². The molecule has 2 aliphatic carbocycles. The second-order valence-corrected chi connectivity index (χ2v) is 5.73. The molecule has 0 saturated heterocycles. The number of benzene rings is 1. The molecule has 0 aromatic heterocycles. The van der Waals surface area contributed by atoms with Crippen LogP contribution in [0.1, 0.15) is 37.7 Å². The molecule has 0 unspecified atom stereocenters. The minimum absolute atomic E-state index is 0.144. The molecule has 6 heteroatoms. The first-order valence-corrected chi connectivity index (χ1v) is 7.16. The summed E-state index contributed by atoms with van der Waals surface area (Å²) < 4.78 is 61.1. The molecule has 1 aromatic carbocycles. The third kappa shape index (κ3) is 3.60. The molecule has 3 rings (SSSR count). The van der Waals surface area contributed by atoms with Gasteiger partial charge in [0.15, 0.2) is 11.6 Å². The van der Waals surface area contributed by atoms with Crippen LogP contribution in [0.2, 0.25) is 0 Å². The summed E-state index contributed by atoms with van der Waals surface area (Å²) in [6, 6.07) is 2.89. The largest absolute Gasteiger partial charge is 0.573 e. The summed E-state index contributed by atoms with van der Waals surface area (Å²) in [6.45, 7) is 0. The van der Waals surface area contributed by atoms with Crippen LogP contribution in [0.15, 0.2) is 12.1 Å². The fourth-order valence-corrected chi connectivity index (χ4v) is 2.34. The fourth-order valence-electron chi connectivity index (χ4n) is 2.34. The smallest absolute Gasteiger partial charge is 0.486 e. The Bertz CT molecular complexity index is 519. The third-order valence-corrected chi connectivity index (χ3v) is 3.91. The zero-order chi connectivity index (χ0) is 15.0. The molecule has 0 heterocycles. The molecule has 2 aliphatic rings. The van der Waals surface area contributed by atoms with Crippen molar-refractivity contribution in [3.8, 4) is 11.5 Å². The van der Waals surface area contributed by atoms with Gasteiger partial charge in [-0.15, -0.1) is 13.2 Å². The van der Waals surface area contributed by atoms with Crippen LogP contribution in [0, 0.1) is 11.7 Å². The molecule has 0 atom stereocenters. The first-order valence-electron chi connectivity index (χ1n) is 7.16. The molecule has 2 nitrogen and oxygen atoms in total. The van der Waals surface area contributed by atoms with Crippen molar-refractivity contribution in [1.82, 2.24) is 0 Å². The van der Waals surface area contributed by atoms with Gasteiger partial charge in [0, 0.05) is 0 Å². The van der Waals surface area contributed by atoms with E-state index in [0.717, 1.165) is 32.1 Å².